The molecule has 2 aromatic heterocycles. The van der Waals surface area contributed by atoms with Crippen LogP contribution in [0.2, 0.25) is 0 Å². The molecule has 15 heavy (non-hydrogen) atoms. The van der Waals surface area contributed by atoms with E-state index in [1.807, 2.05) is 17.7 Å². The van der Waals surface area contributed by atoms with Crippen LogP contribution in [0.25, 0.3) is 0 Å². The lowest BCUT2D eigenvalue weighted by Crippen LogP contribution is -2.02. The third-order valence-electron chi connectivity index (χ3n) is 2.21. The Morgan fingerprint density at radius 3 is 3.00 bits per heavy atom. The highest BCUT2D eigenvalue weighted by Gasteiger charge is 2.06. The summed E-state index contributed by atoms with van der Waals surface area (Å²) in [5.74, 6) is 2.38. The molecule has 2 rings (SSSR count). The Labute approximate surface area is 88.1 Å². The lowest BCUT2D eigenvalue weighted by atomic mass is 10.3. The van der Waals surface area contributed by atoms with Crippen LogP contribution in [0.4, 0.5) is 0 Å². The molecule has 80 valence electrons. The van der Waals surface area contributed by atoms with Crippen molar-refractivity contribution in [3.63, 3.8) is 0 Å². The summed E-state index contributed by atoms with van der Waals surface area (Å²) < 4.78 is 7.09. The fourth-order valence-electron chi connectivity index (χ4n) is 1.39. The number of nitrogens with zero attached hydrogens (tertiary/aromatic N) is 4. The molecular weight excluding hydrogens is 192 g/mol. The summed E-state index contributed by atoms with van der Waals surface area (Å²) in [7, 11) is 0. The van der Waals surface area contributed by atoms with E-state index in [1.165, 1.54) is 0 Å². The maximum absolute atomic E-state index is 5.10. The molecule has 0 spiro atoms. The third-order valence-corrected chi connectivity index (χ3v) is 2.21. The normalized spacial score (nSPS) is 10.8. The maximum Gasteiger partial charge on any atom is 0.226 e. The van der Waals surface area contributed by atoms with Gasteiger partial charge in [-0.15, -0.1) is 0 Å². The highest BCUT2D eigenvalue weighted by molar-refractivity contribution is 4.94. The van der Waals surface area contributed by atoms with Crippen LogP contribution in [-0.2, 0) is 13.0 Å². The molecule has 0 aliphatic rings. The Kier molecular flexibility index (Phi) is 2.80. The SMILES string of the molecule is CCCc1nc(Cn2ccnc2C)no1. The van der Waals surface area contributed by atoms with E-state index in [4.69, 9.17) is 4.52 Å². The summed E-state index contributed by atoms with van der Waals surface area (Å²) in [5, 5.41) is 3.92. The number of aromatic nitrogens is 4. The van der Waals surface area contributed by atoms with Crippen LogP contribution in [0.3, 0.4) is 0 Å². The van der Waals surface area contributed by atoms with Crippen molar-refractivity contribution in [2.45, 2.75) is 33.2 Å². The van der Waals surface area contributed by atoms with E-state index in [1.54, 1.807) is 6.20 Å². The molecule has 0 aromatic carbocycles. The van der Waals surface area contributed by atoms with E-state index in [-0.39, 0.29) is 0 Å². The average Bonchev–Trinajstić information content (AvgIpc) is 2.79. The molecule has 0 bridgehead atoms. The van der Waals surface area contributed by atoms with Crippen LogP contribution in [0.5, 0.6) is 0 Å². The lowest BCUT2D eigenvalue weighted by molar-refractivity contribution is 0.371. The van der Waals surface area contributed by atoms with E-state index in [0.717, 1.165) is 18.7 Å². The summed E-state index contributed by atoms with van der Waals surface area (Å²) >= 11 is 0. The van der Waals surface area contributed by atoms with Crippen molar-refractivity contribution in [1.82, 2.24) is 19.7 Å². The van der Waals surface area contributed by atoms with Crippen molar-refractivity contribution in [3.8, 4) is 0 Å². The van der Waals surface area contributed by atoms with Gasteiger partial charge in [-0.3, -0.25) is 0 Å². The van der Waals surface area contributed by atoms with Gasteiger partial charge in [0.1, 0.15) is 5.82 Å². The largest absolute Gasteiger partial charge is 0.339 e. The second kappa shape index (κ2) is 4.25. The van der Waals surface area contributed by atoms with Crippen LogP contribution >= 0.6 is 0 Å². The Morgan fingerprint density at radius 1 is 1.47 bits per heavy atom. The summed E-state index contributed by atoms with van der Waals surface area (Å²) in [6.07, 6.45) is 5.54. The molecule has 0 saturated heterocycles. The number of hydrogen-bond donors (Lipinski definition) is 0. The van der Waals surface area contributed by atoms with Gasteiger partial charge in [-0.1, -0.05) is 12.1 Å². The fraction of sp³-hybridized carbons (Fsp3) is 0.500. The van der Waals surface area contributed by atoms with Crippen LogP contribution in [0.1, 0.15) is 30.9 Å². The molecule has 0 radical (unpaired) electrons. The van der Waals surface area contributed by atoms with Crippen molar-refractivity contribution in [2.75, 3.05) is 0 Å². The number of imidazole rings is 1. The molecular formula is C10H14N4O. The van der Waals surface area contributed by atoms with Crippen molar-refractivity contribution < 1.29 is 4.52 Å². The summed E-state index contributed by atoms with van der Waals surface area (Å²) in [4.78, 5) is 8.42. The molecule has 0 N–H and O–H groups in total. The summed E-state index contributed by atoms with van der Waals surface area (Å²) in [6, 6.07) is 0. The summed E-state index contributed by atoms with van der Waals surface area (Å²) in [6.45, 7) is 4.66. The highest BCUT2D eigenvalue weighted by Crippen LogP contribution is 2.04. The molecule has 0 fully saturated rings. The van der Waals surface area contributed by atoms with E-state index >= 15 is 0 Å². The van der Waals surface area contributed by atoms with Gasteiger partial charge < -0.3 is 9.09 Å². The Balaban J connectivity index is 2.08. The Bertz CT molecular complexity index is 432. The molecule has 0 aliphatic carbocycles. The lowest BCUT2D eigenvalue weighted by Gasteiger charge is -1.98. The van der Waals surface area contributed by atoms with Gasteiger partial charge in [0.25, 0.3) is 0 Å². The minimum absolute atomic E-state index is 0.624. The second-order valence-electron chi connectivity index (χ2n) is 3.46. The molecule has 5 nitrogen and oxygen atoms in total. The Morgan fingerprint density at radius 2 is 2.33 bits per heavy atom. The second-order valence-corrected chi connectivity index (χ2v) is 3.46. The molecule has 0 amide bonds. The first kappa shape index (κ1) is 9.89. The predicted octanol–water partition coefficient (Wildman–Crippen LogP) is 1.58. The zero-order valence-corrected chi connectivity index (χ0v) is 8.97. The van der Waals surface area contributed by atoms with Crippen LogP contribution in [-0.4, -0.2) is 19.7 Å². The number of rotatable bonds is 4. The van der Waals surface area contributed by atoms with Crippen LogP contribution in [0, 0.1) is 6.92 Å². The topological polar surface area (TPSA) is 56.7 Å². The molecule has 0 unspecified atom stereocenters. The fourth-order valence-corrected chi connectivity index (χ4v) is 1.39. The minimum atomic E-state index is 0.624. The third kappa shape index (κ3) is 2.23. The van der Waals surface area contributed by atoms with Crippen molar-refractivity contribution >= 4 is 0 Å². The monoisotopic (exact) mass is 206 g/mol. The predicted molar refractivity (Wildman–Crippen MR) is 54.4 cm³/mol. The molecule has 0 saturated carbocycles. The number of aryl methyl sites for hydroxylation is 2. The standard InChI is InChI=1S/C10H14N4O/c1-3-4-10-12-9(13-15-10)7-14-6-5-11-8(14)2/h5-6H,3-4,7H2,1-2H3. The van der Waals surface area contributed by atoms with E-state index in [2.05, 4.69) is 22.0 Å². The molecule has 5 heteroatoms. The van der Waals surface area contributed by atoms with Gasteiger partial charge in [-0.25, -0.2) is 4.98 Å². The maximum atomic E-state index is 5.10. The van der Waals surface area contributed by atoms with E-state index in [9.17, 15) is 0 Å². The first-order chi connectivity index (χ1) is 7.29. The van der Waals surface area contributed by atoms with Crippen LogP contribution < -0.4 is 0 Å². The molecule has 0 atom stereocenters. The number of hydrogen-bond acceptors (Lipinski definition) is 4. The van der Waals surface area contributed by atoms with Gasteiger partial charge in [0.15, 0.2) is 5.82 Å². The molecule has 2 heterocycles. The van der Waals surface area contributed by atoms with E-state index in [0.29, 0.717) is 18.3 Å². The van der Waals surface area contributed by atoms with Gasteiger partial charge in [0.05, 0.1) is 6.54 Å². The zero-order chi connectivity index (χ0) is 10.7. The van der Waals surface area contributed by atoms with Crippen molar-refractivity contribution in [3.05, 3.63) is 29.9 Å². The van der Waals surface area contributed by atoms with Crippen molar-refractivity contribution in [1.29, 1.82) is 0 Å². The van der Waals surface area contributed by atoms with Crippen LogP contribution in [0.15, 0.2) is 16.9 Å². The smallest absolute Gasteiger partial charge is 0.226 e. The first-order valence-corrected chi connectivity index (χ1v) is 5.08. The van der Waals surface area contributed by atoms with Gasteiger partial charge in [-0.05, 0) is 13.3 Å². The Hall–Kier alpha value is -1.65. The van der Waals surface area contributed by atoms with E-state index < -0.39 is 0 Å². The van der Waals surface area contributed by atoms with Gasteiger partial charge in [-0.2, -0.15) is 4.98 Å². The quantitative estimate of drug-likeness (QED) is 0.762. The molecule has 0 aliphatic heterocycles. The van der Waals surface area contributed by atoms with Gasteiger partial charge in [0.2, 0.25) is 5.89 Å². The van der Waals surface area contributed by atoms with Gasteiger partial charge >= 0.3 is 0 Å². The highest BCUT2D eigenvalue weighted by atomic mass is 16.5. The zero-order valence-electron chi connectivity index (χ0n) is 8.97. The minimum Gasteiger partial charge on any atom is -0.339 e. The average molecular weight is 206 g/mol. The molecule has 2 aromatic rings. The first-order valence-electron chi connectivity index (χ1n) is 5.08. The summed E-state index contributed by atoms with van der Waals surface area (Å²) in [5.41, 5.74) is 0. The van der Waals surface area contributed by atoms with Crippen molar-refractivity contribution in [2.24, 2.45) is 0 Å². The van der Waals surface area contributed by atoms with Gasteiger partial charge in [0, 0.05) is 18.8 Å².